The van der Waals surface area contributed by atoms with Crippen molar-refractivity contribution in [1.29, 1.82) is 0 Å². The zero-order valence-electron chi connectivity index (χ0n) is 14.9. The number of anilines is 2. The summed E-state index contributed by atoms with van der Waals surface area (Å²) in [6.45, 7) is 0. The highest BCUT2D eigenvalue weighted by Gasteiger charge is 2.69. The van der Waals surface area contributed by atoms with E-state index in [0.717, 1.165) is 38.4 Å². The number of hydrogen-bond acceptors (Lipinski definition) is 6. The number of nitrogens with one attached hydrogen (secondary N) is 2. The first-order chi connectivity index (χ1) is 13.2. The molecule has 3 rings (SSSR count). The highest BCUT2D eigenvalue weighted by Crippen LogP contribution is 2.45. The van der Waals surface area contributed by atoms with E-state index in [0.29, 0.717) is 9.13 Å². The van der Waals surface area contributed by atoms with Crippen molar-refractivity contribution in [1.82, 2.24) is 13.9 Å². The molecule has 2 aromatic rings. The van der Waals surface area contributed by atoms with Crippen molar-refractivity contribution in [3.63, 3.8) is 0 Å². The summed E-state index contributed by atoms with van der Waals surface area (Å²) in [5, 5.41) is 1.80. The average Bonchev–Trinajstić information content (AvgIpc) is 2.91. The lowest BCUT2D eigenvalue weighted by Crippen LogP contribution is -2.62. The largest absolute Gasteiger partial charge is 0.421 e. The van der Waals surface area contributed by atoms with E-state index in [1.165, 1.54) is 4.72 Å². The smallest absolute Gasteiger partial charge is 0.399 e. The van der Waals surface area contributed by atoms with Crippen molar-refractivity contribution < 1.29 is 26.4 Å². The highest BCUT2D eigenvalue weighted by atomic mass is 32.2. The van der Waals surface area contributed by atoms with Crippen LogP contribution in [0.15, 0.2) is 38.8 Å². The van der Waals surface area contributed by atoms with Gasteiger partial charge < -0.3 is 11.1 Å². The first-order valence-electron chi connectivity index (χ1n) is 7.82. The van der Waals surface area contributed by atoms with Crippen molar-refractivity contribution in [3.8, 4) is 0 Å². The number of carbonyl (C=O) groups excluding carboxylic acids is 1. The Kier molecular flexibility index (Phi) is 4.39. The van der Waals surface area contributed by atoms with E-state index < -0.39 is 55.2 Å². The lowest BCUT2D eigenvalue weighted by Gasteiger charge is -2.30. The molecule has 2 heterocycles. The molecule has 14 heteroatoms. The van der Waals surface area contributed by atoms with Gasteiger partial charge in [-0.25, -0.2) is 13.2 Å². The van der Waals surface area contributed by atoms with E-state index in [9.17, 15) is 36.0 Å². The van der Waals surface area contributed by atoms with Gasteiger partial charge in [-0.2, -0.15) is 17.9 Å². The molecule has 1 amide bonds. The summed E-state index contributed by atoms with van der Waals surface area (Å²) in [6.07, 6.45) is -5.56. The van der Waals surface area contributed by atoms with Gasteiger partial charge in [-0.15, -0.1) is 0 Å². The second-order valence-corrected chi connectivity index (χ2v) is 7.99. The van der Waals surface area contributed by atoms with Crippen molar-refractivity contribution in [2.75, 3.05) is 11.1 Å². The molecule has 0 spiro atoms. The van der Waals surface area contributed by atoms with Gasteiger partial charge in [0.2, 0.25) is 15.6 Å². The zero-order valence-corrected chi connectivity index (χ0v) is 15.7. The molecule has 0 saturated heterocycles. The number of nitrogens with zero attached hydrogens (tertiary/aromatic N) is 2. The molecule has 0 aliphatic carbocycles. The molecule has 1 aromatic carbocycles. The second-order valence-electron chi connectivity index (χ2n) is 6.31. The van der Waals surface area contributed by atoms with Crippen molar-refractivity contribution in [2.24, 2.45) is 14.1 Å². The van der Waals surface area contributed by atoms with E-state index >= 15 is 0 Å². The van der Waals surface area contributed by atoms with E-state index in [1.54, 1.807) is 5.32 Å². The number of carbonyl (C=O) groups is 1. The second kappa shape index (κ2) is 6.18. The van der Waals surface area contributed by atoms with Crippen LogP contribution in [-0.2, 0) is 34.5 Å². The third kappa shape index (κ3) is 2.82. The molecule has 10 nitrogen and oxygen atoms in total. The minimum atomic E-state index is -5.56. The molecule has 1 aliphatic rings. The zero-order chi connectivity index (χ0) is 21.9. The number of sulfonamides is 1. The molecule has 156 valence electrons. The Labute approximate surface area is 160 Å². The molecular weight excluding hydrogens is 419 g/mol. The van der Waals surface area contributed by atoms with Crippen LogP contribution in [-0.4, -0.2) is 29.6 Å². The van der Waals surface area contributed by atoms with Crippen LogP contribution in [0, 0.1) is 0 Å². The van der Waals surface area contributed by atoms with Gasteiger partial charge in [-0.3, -0.25) is 18.7 Å². The van der Waals surface area contributed by atoms with Gasteiger partial charge in [0.25, 0.3) is 11.5 Å². The summed E-state index contributed by atoms with van der Waals surface area (Å²) in [7, 11) is -3.02. The average molecular weight is 433 g/mol. The number of alkyl halides is 3. The Morgan fingerprint density at radius 2 is 1.62 bits per heavy atom. The van der Waals surface area contributed by atoms with E-state index in [-0.39, 0.29) is 5.69 Å². The monoisotopic (exact) mass is 433 g/mol. The number of aromatic nitrogens is 2. The van der Waals surface area contributed by atoms with E-state index in [4.69, 9.17) is 5.73 Å². The van der Waals surface area contributed by atoms with Crippen LogP contribution in [0.1, 0.15) is 5.56 Å². The number of halogens is 3. The number of benzene rings is 1. The first kappa shape index (κ1) is 20.6. The van der Waals surface area contributed by atoms with Crippen molar-refractivity contribution in [3.05, 3.63) is 50.7 Å². The summed E-state index contributed by atoms with van der Waals surface area (Å²) in [5.41, 5.74) is -2.07. The molecule has 29 heavy (non-hydrogen) atoms. The molecule has 0 radical (unpaired) electrons. The molecule has 4 N–H and O–H groups in total. The van der Waals surface area contributed by atoms with Gasteiger partial charge in [0.1, 0.15) is 5.82 Å². The van der Waals surface area contributed by atoms with Gasteiger partial charge in [0, 0.05) is 19.8 Å². The summed E-state index contributed by atoms with van der Waals surface area (Å²) in [4.78, 5) is 36.3. The van der Waals surface area contributed by atoms with Crippen LogP contribution < -0.4 is 27.0 Å². The Bertz CT molecular complexity index is 1250. The third-order valence-electron chi connectivity index (χ3n) is 4.52. The quantitative estimate of drug-likeness (QED) is 0.549. The minimum absolute atomic E-state index is 0.155. The number of amides is 1. The van der Waals surface area contributed by atoms with E-state index in [2.05, 4.69) is 0 Å². The first-order valence-corrected chi connectivity index (χ1v) is 9.30. The van der Waals surface area contributed by atoms with E-state index in [1.807, 2.05) is 0 Å². The summed E-state index contributed by atoms with van der Waals surface area (Å²) < 4.78 is 70.0. The molecule has 0 unspecified atom stereocenters. The number of rotatable bonds is 3. The SMILES string of the molecule is Cn1c2c(c(=O)n(C)c1=O)[C@](NS(=O)(=O)c1ccc(N)cc1)(C(F)(F)F)C(=O)N2. The Morgan fingerprint density at radius 3 is 2.14 bits per heavy atom. The maximum atomic E-state index is 14.2. The van der Waals surface area contributed by atoms with Crippen LogP contribution in [0.5, 0.6) is 0 Å². The standard InChI is InChI=1S/C15H14F3N5O5S/c1-22-10-9(11(24)23(2)13(22)26)14(12(25)20-10,15(16,17)18)21-29(27,28)8-5-3-7(19)4-6-8/h3-6,21H,19H2,1-2H3,(H,20,25)/t14-/m1/s1. The van der Waals surface area contributed by atoms with Gasteiger partial charge in [-0.1, -0.05) is 0 Å². The topological polar surface area (TPSA) is 145 Å². The van der Waals surface area contributed by atoms with Gasteiger partial charge >= 0.3 is 11.9 Å². The fourth-order valence-electron chi connectivity index (χ4n) is 2.98. The number of hydrogen-bond donors (Lipinski definition) is 3. The summed E-state index contributed by atoms with van der Waals surface area (Å²) in [6, 6.07) is 4.16. The normalized spacial score (nSPS) is 19.1. The van der Waals surface area contributed by atoms with Crippen LogP contribution >= 0.6 is 0 Å². The predicted octanol–water partition coefficient (Wildman–Crippen LogP) is -0.646. The molecule has 0 saturated carbocycles. The van der Waals surface area contributed by atoms with Crippen LogP contribution in [0.4, 0.5) is 24.7 Å². The number of fused-ring (bicyclic) bond motifs is 1. The van der Waals surface area contributed by atoms with Crippen LogP contribution in [0.2, 0.25) is 0 Å². The minimum Gasteiger partial charge on any atom is -0.399 e. The fraction of sp³-hybridized carbons (Fsp3) is 0.267. The lowest BCUT2D eigenvalue weighted by molar-refractivity contribution is -0.194. The molecule has 1 atom stereocenters. The Morgan fingerprint density at radius 1 is 1.07 bits per heavy atom. The molecule has 1 aliphatic heterocycles. The van der Waals surface area contributed by atoms with Gasteiger partial charge in [0.05, 0.1) is 10.5 Å². The Hall–Kier alpha value is -3.13. The van der Waals surface area contributed by atoms with Gasteiger partial charge in [0.15, 0.2) is 0 Å². The highest BCUT2D eigenvalue weighted by molar-refractivity contribution is 7.89. The third-order valence-corrected chi connectivity index (χ3v) is 5.98. The fourth-order valence-corrected chi connectivity index (χ4v) is 4.30. The maximum Gasteiger partial charge on any atom is 0.421 e. The molecule has 0 fully saturated rings. The van der Waals surface area contributed by atoms with Gasteiger partial charge in [-0.05, 0) is 24.3 Å². The molecule has 0 bridgehead atoms. The van der Waals surface area contributed by atoms with Crippen LogP contribution in [0.25, 0.3) is 0 Å². The Balaban J connectivity index is 2.35. The predicted molar refractivity (Wildman–Crippen MR) is 94.5 cm³/mol. The summed E-state index contributed by atoms with van der Waals surface area (Å²) in [5.74, 6) is -2.61. The molecule has 1 aromatic heterocycles. The summed E-state index contributed by atoms with van der Waals surface area (Å²) >= 11 is 0. The van der Waals surface area contributed by atoms with Crippen molar-refractivity contribution in [2.45, 2.75) is 16.6 Å². The lowest BCUT2D eigenvalue weighted by atomic mass is 9.93. The maximum absolute atomic E-state index is 14.2. The number of nitrogen functional groups attached to an aromatic ring is 1. The number of nitrogens with two attached hydrogens (primary N) is 1. The molecular formula is C15H14F3N5O5S. The van der Waals surface area contributed by atoms with Crippen LogP contribution in [0.3, 0.4) is 0 Å². The van der Waals surface area contributed by atoms with Crippen molar-refractivity contribution >= 4 is 27.4 Å².